The number of rotatable bonds is 3. The Balaban J connectivity index is 2.16. The van der Waals surface area contributed by atoms with Crippen LogP contribution >= 0.6 is 0 Å². The molecule has 0 saturated carbocycles. The molecule has 0 radical (unpaired) electrons. The summed E-state index contributed by atoms with van der Waals surface area (Å²) in [4.78, 5) is 39.6. The standard InChI is InChI=1S/C18H19N3O4/c1-4-25-17(23)14-10(3)19-18(24)21-15(14)12-8-11-6-5-9(2)7-13(11)20-16(12)22/h5-8,15H,4H2,1-3H3,(H,20,22)(H2,19,21,24)/t15-/m1/s1. The number of benzene rings is 1. The van der Waals surface area contributed by atoms with Crippen molar-refractivity contribution in [3.63, 3.8) is 0 Å². The van der Waals surface area contributed by atoms with E-state index in [2.05, 4.69) is 15.6 Å². The predicted molar refractivity (Wildman–Crippen MR) is 93.0 cm³/mol. The number of amides is 2. The van der Waals surface area contributed by atoms with Crippen molar-refractivity contribution < 1.29 is 14.3 Å². The lowest BCUT2D eigenvalue weighted by Gasteiger charge is -2.27. The van der Waals surface area contributed by atoms with Crippen molar-refractivity contribution in [2.75, 3.05) is 6.61 Å². The molecule has 1 aliphatic heterocycles. The monoisotopic (exact) mass is 341 g/mol. The third kappa shape index (κ3) is 3.13. The van der Waals surface area contributed by atoms with E-state index in [9.17, 15) is 14.4 Å². The summed E-state index contributed by atoms with van der Waals surface area (Å²) in [5, 5.41) is 6.00. The SMILES string of the molecule is CCOC(=O)C1=C(C)NC(=O)N[C@@H]1c1cc2ccc(C)cc2[nH]c1=O. The second-order valence-corrected chi connectivity index (χ2v) is 5.94. The van der Waals surface area contributed by atoms with E-state index in [4.69, 9.17) is 4.74 Å². The number of carbonyl (C=O) groups excluding carboxylic acids is 2. The topological polar surface area (TPSA) is 100 Å². The van der Waals surface area contributed by atoms with Crippen LogP contribution in [0.2, 0.25) is 0 Å². The molecule has 2 heterocycles. The molecule has 0 unspecified atom stereocenters. The summed E-state index contributed by atoms with van der Waals surface area (Å²) in [5.74, 6) is -0.569. The normalized spacial score (nSPS) is 17.2. The maximum absolute atomic E-state index is 12.6. The van der Waals surface area contributed by atoms with E-state index in [0.29, 0.717) is 11.2 Å². The van der Waals surface area contributed by atoms with Gasteiger partial charge in [-0.05, 0) is 43.9 Å². The molecule has 3 rings (SSSR count). The molecule has 3 N–H and O–H groups in total. The predicted octanol–water partition coefficient (Wildman–Crippen LogP) is 2.03. The van der Waals surface area contributed by atoms with E-state index in [0.717, 1.165) is 10.9 Å². The van der Waals surface area contributed by atoms with Crippen LogP contribution in [-0.2, 0) is 9.53 Å². The van der Waals surface area contributed by atoms with E-state index in [-0.39, 0.29) is 23.3 Å². The van der Waals surface area contributed by atoms with Gasteiger partial charge in [0.05, 0.1) is 18.2 Å². The van der Waals surface area contributed by atoms with Crippen LogP contribution in [0.15, 0.2) is 40.3 Å². The van der Waals surface area contributed by atoms with Gasteiger partial charge < -0.3 is 20.4 Å². The first-order valence-corrected chi connectivity index (χ1v) is 7.99. The van der Waals surface area contributed by atoms with Gasteiger partial charge in [-0.3, -0.25) is 4.79 Å². The van der Waals surface area contributed by atoms with Crippen LogP contribution in [-0.4, -0.2) is 23.6 Å². The molecule has 0 saturated heterocycles. The average Bonchev–Trinajstić information content (AvgIpc) is 2.53. The Bertz CT molecular complexity index is 958. The van der Waals surface area contributed by atoms with E-state index in [1.807, 2.05) is 25.1 Å². The van der Waals surface area contributed by atoms with Gasteiger partial charge in [-0.15, -0.1) is 0 Å². The average molecular weight is 341 g/mol. The highest BCUT2D eigenvalue weighted by Crippen LogP contribution is 2.27. The van der Waals surface area contributed by atoms with Gasteiger partial charge in [0.15, 0.2) is 0 Å². The van der Waals surface area contributed by atoms with Gasteiger partial charge >= 0.3 is 12.0 Å². The molecule has 130 valence electrons. The molecule has 1 aliphatic rings. The van der Waals surface area contributed by atoms with Crippen molar-refractivity contribution in [3.05, 3.63) is 57.0 Å². The number of hydrogen-bond acceptors (Lipinski definition) is 4. The molecule has 0 bridgehead atoms. The molecular formula is C18H19N3O4. The maximum Gasteiger partial charge on any atom is 0.338 e. The zero-order chi connectivity index (χ0) is 18.1. The van der Waals surface area contributed by atoms with Gasteiger partial charge in [0, 0.05) is 16.8 Å². The molecule has 0 spiro atoms. The number of esters is 1. The number of aromatic nitrogens is 1. The Hall–Kier alpha value is -3.09. The quantitative estimate of drug-likeness (QED) is 0.744. The van der Waals surface area contributed by atoms with Gasteiger partial charge in [0.2, 0.25) is 0 Å². The number of aromatic amines is 1. The van der Waals surface area contributed by atoms with Crippen molar-refractivity contribution in [2.45, 2.75) is 26.8 Å². The molecule has 1 aromatic heterocycles. The lowest BCUT2D eigenvalue weighted by Crippen LogP contribution is -2.46. The van der Waals surface area contributed by atoms with Crippen LogP contribution in [0.4, 0.5) is 4.79 Å². The minimum absolute atomic E-state index is 0.198. The van der Waals surface area contributed by atoms with E-state index < -0.39 is 18.0 Å². The van der Waals surface area contributed by atoms with Crippen LogP contribution in [0.3, 0.4) is 0 Å². The Labute approximate surface area is 144 Å². The molecule has 1 aromatic carbocycles. The molecule has 7 heteroatoms. The number of ether oxygens (including phenoxy) is 1. The first kappa shape index (κ1) is 16.8. The second kappa shape index (κ2) is 6.43. The Kier molecular flexibility index (Phi) is 4.31. The number of fused-ring (bicyclic) bond motifs is 1. The Morgan fingerprint density at radius 1 is 1.20 bits per heavy atom. The van der Waals surface area contributed by atoms with E-state index in [1.54, 1.807) is 19.9 Å². The second-order valence-electron chi connectivity index (χ2n) is 5.94. The van der Waals surface area contributed by atoms with Crippen molar-refractivity contribution in [1.82, 2.24) is 15.6 Å². The van der Waals surface area contributed by atoms with Gasteiger partial charge in [-0.2, -0.15) is 0 Å². The van der Waals surface area contributed by atoms with Crippen molar-refractivity contribution >= 4 is 22.9 Å². The minimum Gasteiger partial charge on any atom is -0.463 e. The number of hydrogen-bond donors (Lipinski definition) is 3. The van der Waals surface area contributed by atoms with Crippen LogP contribution in [0.1, 0.15) is 31.0 Å². The number of carbonyl (C=O) groups is 2. The lowest BCUT2D eigenvalue weighted by molar-refractivity contribution is -0.139. The molecule has 0 aliphatic carbocycles. The number of pyridine rings is 1. The minimum atomic E-state index is -0.873. The number of aryl methyl sites for hydroxylation is 1. The van der Waals surface area contributed by atoms with Gasteiger partial charge in [0.25, 0.3) is 5.56 Å². The maximum atomic E-state index is 12.6. The zero-order valence-electron chi connectivity index (χ0n) is 14.2. The summed E-state index contributed by atoms with van der Waals surface area (Å²) in [5.41, 5.74) is 2.24. The van der Waals surface area contributed by atoms with Crippen molar-refractivity contribution in [2.24, 2.45) is 0 Å². The highest BCUT2D eigenvalue weighted by atomic mass is 16.5. The van der Waals surface area contributed by atoms with Crippen molar-refractivity contribution in [1.29, 1.82) is 0 Å². The van der Waals surface area contributed by atoms with Gasteiger partial charge in [-0.25, -0.2) is 9.59 Å². The van der Waals surface area contributed by atoms with E-state index >= 15 is 0 Å². The van der Waals surface area contributed by atoms with Crippen LogP contribution in [0, 0.1) is 6.92 Å². The number of allylic oxidation sites excluding steroid dienone is 1. The Morgan fingerprint density at radius 2 is 1.96 bits per heavy atom. The molecule has 2 aromatic rings. The lowest BCUT2D eigenvalue weighted by atomic mass is 9.95. The van der Waals surface area contributed by atoms with Gasteiger partial charge in [-0.1, -0.05) is 12.1 Å². The van der Waals surface area contributed by atoms with Crippen LogP contribution in [0.25, 0.3) is 10.9 Å². The van der Waals surface area contributed by atoms with Crippen LogP contribution in [0.5, 0.6) is 0 Å². The molecule has 7 nitrogen and oxygen atoms in total. The molecule has 25 heavy (non-hydrogen) atoms. The fourth-order valence-electron chi connectivity index (χ4n) is 2.95. The molecule has 0 fully saturated rings. The summed E-state index contributed by atoms with van der Waals surface area (Å²) < 4.78 is 5.08. The summed E-state index contributed by atoms with van der Waals surface area (Å²) in [6, 6.07) is 6.03. The summed E-state index contributed by atoms with van der Waals surface area (Å²) in [6.45, 7) is 5.44. The fourth-order valence-corrected chi connectivity index (χ4v) is 2.95. The zero-order valence-corrected chi connectivity index (χ0v) is 14.2. The summed E-state index contributed by atoms with van der Waals surface area (Å²) in [6.07, 6.45) is 0. The highest BCUT2D eigenvalue weighted by Gasteiger charge is 2.33. The molecule has 1 atom stereocenters. The van der Waals surface area contributed by atoms with E-state index in [1.165, 1.54) is 0 Å². The first-order chi connectivity index (χ1) is 11.9. The highest BCUT2D eigenvalue weighted by molar-refractivity contribution is 5.95. The number of urea groups is 1. The summed E-state index contributed by atoms with van der Waals surface area (Å²) in [7, 11) is 0. The Morgan fingerprint density at radius 3 is 2.68 bits per heavy atom. The number of H-pyrrole nitrogens is 1. The third-order valence-corrected chi connectivity index (χ3v) is 4.11. The third-order valence-electron chi connectivity index (χ3n) is 4.11. The smallest absolute Gasteiger partial charge is 0.338 e. The van der Waals surface area contributed by atoms with Gasteiger partial charge in [0.1, 0.15) is 0 Å². The molecule has 2 amide bonds. The molecular weight excluding hydrogens is 322 g/mol. The number of nitrogens with one attached hydrogen (secondary N) is 3. The fraction of sp³-hybridized carbons (Fsp3) is 0.278. The largest absolute Gasteiger partial charge is 0.463 e. The summed E-state index contributed by atoms with van der Waals surface area (Å²) >= 11 is 0. The van der Waals surface area contributed by atoms with Crippen LogP contribution < -0.4 is 16.2 Å². The first-order valence-electron chi connectivity index (χ1n) is 7.99. The van der Waals surface area contributed by atoms with Crippen molar-refractivity contribution in [3.8, 4) is 0 Å².